The molecule has 0 saturated heterocycles. The van der Waals surface area contributed by atoms with Gasteiger partial charge in [0.2, 0.25) is 0 Å². The van der Waals surface area contributed by atoms with Crippen LogP contribution in [-0.2, 0) is 12.8 Å². The van der Waals surface area contributed by atoms with E-state index in [1.165, 1.54) is 16.9 Å². The van der Waals surface area contributed by atoms with Crippen LogP contribution in [0.1, 0.15) is 75.7 Å². The summed E-state index contributed by atoms with van der Waals surface area (Å²) in [5.74, 6) is 2.00. The second-order valence-corrected chi connectivity index (χ2v) is 10.3. The van der Waals surface area contributed by atoms with Gasteiger partial charge in [0, 0.05) is 23.3 Å². The van der Waals surface area contributed by atoms with E-state index in [0.717, 1.165) is 37.4 Å². The van der Waals surface area contributed by atoms with Gasteiger partial charge in [-0.3, -0.25) is 4.79 Å². The molecular formula is C21H35NOS. The molecule has 0 aromatic carbocycles. The van der Waals surface area contributed by atoms with Crippen LogP contribution >= 0.6 is 11.3 Å². The van der Waals surface area contributed by atoms with Gasteiger partial charge < -0.3 is 4.90 Å². The zero-order chi connectivity index (χ0) is 18.1. The molecule has 1 aliphatic rings. The fourth-order valence-corrected chi connectivity index (χ4v) is 4.88. The number of rotatable bonds is 5. The Labute approximate surface area is 152 Å². The topological polar surface area (TPSA) is 20.3 Å². The van der Waals surface area contributed by atoms with E-state index in [-0.39, 0.29) is 5.91 Å². The van der Waals surface area contributed by atoms with Crippen LogP contribution in [0.25, 0.3) is 0 Å². The number of carbonyl (C=O) groups is 1. The third-order valence-electron chi connectivity index (χ3n) is 5.07. The van der Waals surface area contributed by atoms with E-state index in [9.17, 15) is 4.79 Å². The van der Waals surface area contributed by atoms with Gasteiger partial charge in [-0.2, -0.15) is 0 Å². The maximum atomic E-state index is 13.2. The Morgan fingerprint density at radius 2 is 1.79 bits per heavy atom. The highest BCUT2D eigenvalue weighted by molar-refractivity contribution is 7.10. The molecular weight excluding hydrogens is 314 g/mol. The molecule has 2 nitrogen and oxygen atoms in total. The quantitative estimate of drug-likeness (QED) is 0.672. The van der Waals surface area contributed by atoms with Crippen molar-refractivity contribution in [1.29, 1.82) is 0 Å². The SMILES string of the molecule is CC(C)CN(CC(C)C)C(=O)c1csc2c1CCC(C(C)(C)C)C2. The lowest BCUT2D eigenvalue weighted by Gasteiger charge is -2.34. The summed E-state index contributed by atoms with van der Waals surface area (Å²) >= 11 is 1.81. The van der Waals surface area contributed by atoms with E-state index in [1.54, 1.807) is 0 Å². The zero-order valence-electron chi connectivity index (χ0n) is 16.6. The van der Waals surface area contributed by atoms with Gasteiger partial charge in [0.15, 0.2) is 0 Å². The van der Waals surface area contributed by atoms with Crippen molar-refractivity contribution in [3.8, 4) is 0 Å². The molecule has 0 spiro atoms. The molecule has 1 amide bonds. The molecule has 1 unspecified atom stereocenters. The number of fused-ring (bicyclic) bond motifs is 1. The standard InChI is InChI=1S/C21H35NOS/c1-14(2)11-22(12-15(3)4)20(23)18-13-24-19-10-16(21(5,6)7)8-9-17(18)19/h13-16H,8-12H2,1-7H3. The largest absolute Gasteiger partial charge is 0.338 e. The molecule has 0 saturated carbocycles. The first-order valence-electron chi connectivity index (χ1n) is 9.48. The molecule has 1 aromatic heterocycles. The van der Waals surface area contributed by atoms with Gasteiger partial charge in [-0.15, -0.1) is 11.3 Å². The Bertz CT molecular complexity index is 555. The highest BCUT2D eigenvalue weighted by atomic mass is 32.1. The van der Waals surface area contributed by atoms with Gasteiger partial charge >= 0.3 is 0 Å². The fraction of sp³-hybridized carbons (Fsp3) is 0.762. The molecule has 0 radical (unpaired) electrons. The predicted octanol–water partition coefficient (Wildman–Crippen LogP) is 5.65. The summed E-state index contributed by atoms with van der Waals surface area (Å²) in [6.07, 6.45) is 3.42. The summed E-state index contributed by atoms with van der Waals surface area (Å²) in [6, 6.07) is 0. The van der Waals surface area contributed by atoms with Crippen molar-refractivity contribution in [1.82, 2.24) is 4.90 Å². The molecule has 0 N–H and O–H groups in total. The molecule has 136 valence electrons. The molecule has 24 heavy (non-hydrogen) atoms. The Morgan fingerprint density at radius 1 is 1.21 bits per heavy atom. The van der Waals surface area contributed by atoms with Gasteiger partial charge in [0.1, 0.15) is 0 Å². The Balaban J connectivity index is 2.21. The second-order valence-electron chi connectivity index (χ2n) is 9.35. The van der Waals surface area contributed by atoms with Crippen molar-refractivity contribution in [2.24, 2.45) is 23.2 Å². The minimum atomic E-state index is 0.254. The van der Waals surface area contributed by atoms with Crippen LogP contribution < -0.4 is 0 Å². The second kappa shape index (κ2) is 7.59. The van der Waals surface area contributed by atoms with Gasteiger partial charge in [0.05, 0.1) is 5.56 Å². The van der Waals surface area contributed by atoms with Crippen LogP contribution in [0.15, 0.2) is 5.38 Å². The predicted molar refractivity (Wildman–Crippen MR) is 105 cm³/mol. The van der Waals surface area contributed by atoms with Crippen molar-refractivity contribution in [3.05, 3.63) is 21.4 Å². The minimum Gasteiger partial charge on any atom is -0.338 e. The van der Waals surface area contributed by atoms with E-state index < -0.39 is 0 Å². The molecule has 0 aliphatic heterocycles. The third-order valence-corrected chi connectivity index (χ3v) is 6.12. The molecule has 1 aromatic rings. The normalized spacial score (nSPS) is 18.1. The van der Waals surface area contributed by atoms with E-state index in [4.69, 9.17) is 0 Å². The first-order chi connectivity index (χ1) is 11.1. The Morgan fingerprint density at radius 3 is 2.29 bits per heavy atom. The summed E-state index contributed by atoms with van der Waals surface area (Å²) in [5.41, 5.74) is 2.69. The van der Waals surface area contributed by atoms with Crippen LogP contribution in [-0.4, -0.2) is 23.9 Å². The van der Waals surface area contributed by atoms with E-state index in [1.807, 2.05) is 11.3 Å². The van der Waals surface area contributed by atoms with Gasteiger partial charge in [-0.05, 0) is 48.0 Å². The first kappa shape index (κ1) is 19.5. The number of carbonyl (C=O) groups excluding carboxylic acids is 1. The molecule has 3 heteroatoms. The smallest absolute Gasteiger partial charge is 0.255 e. The van der Waals surface area contributed by atoms with Gasteiger partial charge in [-0.1, -0.05) is 48.5 Å². The summed E-state index contributed by atoms with van der Waals surface area (Å²) in [4.78, 5) is 16.7. The molecule has 0 fully saturated rings. The van der Waals surface area contributed by atoms with Crippen molar-refractivity contribution < 1.29 is 4.79 Å². The minimum absolute atomic E-state index is 0.254. The summed E-state index contributed by atoms with van der Waals surface area (Å²) < 4.78 is 0. The molecule has 1 heterocycles. The van der Waals surface area contributed by atoms with Gasteiger partial charge in [0.25, 0.3) is 5.91 Å². The van der Waals surface area contributed by atoms with Crippen LogP contribution in [0.2, 0.25) is 0 Å². The van der Waals surface area contributed by atoms with Crippen molar-refractivity contribution >= 4 is 17.2 Å². The van der Waals surface area contributed by atoms with Gasteiger partial charge in [-0.25, -0.2) is 0 Å². The Hall–Kier alpha value is -0.830. The Kier molecular flexibility index (Phi) is 6.17. The molecule has 1 aliphatic carbocycles. The zero-order valence-corrected chi connectivity index (χ0v) is 17.4. The number of amides is 1. The average Bonchev–Trinajstić information content (AvgIpc) is 2.86. The maximum Gasteiger partial charge on any atom is 0.255 e. The summed E-state index contributed by atoms with van der Waals surface area (Å²) in [5, 5.41) is 2.13. The van der Waals surface area contributed by atoms with E-state index >= 15 is 0 Å². The lowest BCUT2D eigenvalue weighted by molar-refractivity contribution is 0.0714. The number of nitrogens with zero attached hydrogens (tertiary/aromatic N) is 1. The highest BCUT2D eigenvalue weighted by Gasteiger charge is 2.32. The van der Waals surface area contributed by atoms with Crippen LogP contribution in [0.3, 0.4) is 0 Å². The van der Waals surface area contributed by atoms with Crippen molar-refractivity contribution in [3.63, 3.8) is 0 Å². The lowest BCUT2D eigenvalue weighted by Crippen LogP contribution is -2.37. The van der Waals surface area contributed by atoms with Crippen LogP contribution in [0.5, 0.6) is 0 Å². The van der Waals surface area contributed by atoms with Crippen molar-refractivity contribution in [2.75, 3.05) is 13.1 Å². The van der Waals surface area contributed by atoms with Crippen LogP contribution in [0.4, 0.5) is 0 Å². The summed E-state index contributed by atoms with van der Waals surface area (Å²) in [7, 11) is 0. The molecule has 1 atom stereocenters. The third kappa shape index (κ3) is 4.62. The van der Waals surface area contributed by atoms with Crippen LogP contribution in [0, 0.1) is 23.2 Å². The first-order valence-corrected chi connectivity index (χ1v) is 10.4. The number of thiophene rings is 1. The maximum absolute atomic E-state index is 13.2. The highest BCUT2D eigenvalue weighted by Crippen LogP contribution is 2.40. The molecule has 2 rings (SSSR count). The van der Waals surface area contributed by atoms with E-state index in [2.05, 4.69) is 58.7 Å². The van der Waals surface area contributed by atoms with E-state index in [0.29, 0.717) is 17.3 Å². The number of hydrogen-bond acceptors (Lipinski definition) is 2. The fourth-order valence-electron chi connectivity index (χ4n) is 3.72. The average molecular weight is 350 g/mol. The monoisotopic (exact) mass is 349 g/mol. The molecule has 0 bridgehead atoms. The lowest BCUT2D eigenvalue weighted by atomic mass is 9.72. The summed E-state index contributed by atoms with van der Waals surface area (Å²) in [6.45, 7) is 17.5. The number of hydrogen-bond donors (Lipinski definition) is 0. The van der Waals surface area contributed by atoms with Crippen molar-refractivity contribution in [2.45, 2.75) is 67.7 Å².